The van der Waals surface area contributed by atoms with Crippen LogP contribution in [0.4, 0.5) is 4.39 Å². The van der Waals surface area contributed by atoms with Gasteiger partial charge in [0.15, 0.2) is 5.82 Å². The number of rotatable bonds is 3. The van der Waals surface area contributed by atoms with Crippen molar-refractivity contribution < 1.29 is 12.8 Å². The van der Waals surface area contributed by atoms with Gasteiger partial charge in [0.05, 0.1) is 10.0 Å². The standard InChI is InChI=1S/C16H15Cl2FN2O2S/c17-12-6-7-14(15(18)16(12)19)24(22,23)21-8-11(13(20)9-21)10-4-2-1-3-5-10/h1-7,11,13H,8-9,20H2/t11-,13+/m0/s1. The molecule has 0 spiro atoms. The molecule has 1 heterocycles. The van der Waals surface area contributed by atoms with Crippen LogP contribution in [0.1, 0.15) is 11.5 Å². The van der Waals surface area contributed by atoms with Gasteiger partial charge in [0, 0.05) is 25.0 Å². The summed E-state index contributed by atoms with van der Waals surface area (Å²) >= 11 is 11.5. The number of hydrogen-bond donors (Lipinski definition) is 1. The molecule has 0 amide bonds. The van der Waals surface area contributed by atoms with E-state index in [2.05, 4.69) is 0 Å². The van der Waals surface area contributed by atoms with Crippen molar-refractivity contribution in [2.45, 2.75) is 16.9 Å². The summed E-state index contributed by atoms with van der Waals surface area (Å²) in [6.07, 6.45) is 0. The van der Waals surface area contributed by atoms with E-state index >= 15 is 0 Å². The maximum Gasteiger partial charge on any atom is 0.244 e. The van der Waals surface area contributed by atoms with Crippen molar-refractivity contribution in [3.05, 3.63) is 63.9 Å². The molecule has 2 aromatic carbocycles. The van der Waals surface area contributed by atoms with Gasteiger partial charge in [-0.2, -0.15) is 4.31 Å². The number of hydrogen-bond acceptors (Lipinski definition) is 3. The van der Waals surface area contributed by atoms with Crippen LogP contribution in [0.3, 0.4) is 0 Å². The molecule has 0 aromatic heterocycles. The monoisotopic (exact) mass is 388 g/mol. The third kappa shape index (κ3) is 3.05. The summed E-state index contributed by atoms with van der Waals surface area (Å²) in [4.78, 5) is -0.299. The van der Waals surface area contributed by atoms with Gasteiger partial charge in [-0.15, -0.1) is 0 Å². The molecule has 1 saturated heterocycles. The van der Waals surface area contributed by atoms with Gasteiger partial charge < -0.3 is 5.73 Å². The Morgan fingerprint density at radius 1 is 1.08 bits per heavy atom. The largest absolute Gasteiger partial charge is 0.326 e. The van der Waals surface area contributed by atoms with Crippen molar-refractivity contribution in [1.29, 1.82) is 0 Å². The molecular weight excluding hydrogens is 374 g/mol. The predicted molar refractivity (Wildman–Crippen MR) is 92.3 cm³/mol. The molecule has 1 aliphatic rings. The van der Waals surface area contributed by atoms with Crippen LogP contribution in [-0.4, -0.2) is 31.9 Å². The SMILES string of the molecule is N[C@@H]1CN(S(=O)(=O)c2ccc(Cl)c(F)c2Cl)C[C@H]1c1ccccc1. The van der Waals surface area contributed by atoms with Crippen molar-refractivity contribution in [1.82, 2.24) is 4.31 Å². The quantitative estimate of drug-likeness (QED) is 0.820. The lowest BCUT2D eigenvalue weighted by atomic mass is 9.95. The molecule has 8 heteroatoms. The third-order valence-corrected chi connectivity index (χ3v) is 6.82. The molecule has 128 valence electrons. The van der Waals surface area contributed by atoms with Crippen molar-refractivity contribution in [3.8, 4) is 0 Å². The van der Waals surface area contributed by atoms with Crippen LogP contribution >= 0.6 is 23.2 Å². The molecule has 1 fully saturated rings. The lowest BCUT2D eigenvalue weighted by molar-refractivity contribution is 0.469. The van der Waals surface area contributed by atoms with Crippen molar-refractivity contribution in [2.75, 3.05) is 13.1 Å². The minimum Gasteiger partial charge on any atom is -0.326 e. The molecule has 2 aromatic rings. The zero-order chi connectivity index (χ0) is 17.5. The Morgan fingerprint density at radius 3 is 2.42 bits per heavy atom. The van der Waals surface area contributed by atoms with Crippen LogP contribution in [0.15, 0.2) is 47.4 Å². The van der Waals surface area contributed by atoms with Crippen LogP contribution in [0.2, 0.25) is 10.0 Å². The van der Waals surface area contributed by atoms with E-state index in [-0.39, 0.29) is 35.0 Å². The Morgan fingerprint density at radius 2 is 1.75 bits per heavy atom. The zero-order valence-corrected chi connectivity index (χ0v) is 14.8. The topological polar surface area (TPSA) is 63.4 Å². The normalized spacial score (nSPS) is 22.0. The van der Waals surface area contributed by atoms with Crippen molar-refractivity contribution in [3.63, 3.8) is 0 Å². The number of nitrogens with zero attached hydrogens (tertiary/aromatic N) is 1. The molecule has 0 unspecified atom stereocenters. The van der Waals surface area contributed by atoms with Crippen LogP contribution in [0, 0.1) is 5.82 Å². The fourth-order valence-corrected chi connectivity index (χ4v) is 5.11. The lowest BCUT2D eigenvalue weighted by Crippen LogP contribution is -2.32. The van der Waals surface area contributed by atoms with E-state index in [1.54, 1.807) is 0 Å². The van der Waals surface area contributed by atoms with E-state index in [1.807, 2.05) is 30.3 Å². The highest BCUT2D eigenvalue weighted by Gasteiger charge is 2.39. The average molecular weight is 389 g/mol. The Kier molecular flexibility index (Phi) is 4.86. The summed E-state index contributed by atoms with van der Waals surface area (Å²) < 4.78 is 40.7. The van der Waals surface area contributed by atoms with Gasteiger partial charge >= 0.3 is 0 Å². The molecular formula is C16H15Cl2FN2O2S. The molecule has 24 heavy (non-hydrogen) atoms. The molecule has 4 nitrogen and oxygen atoms in total. The molecule has 0 aliphatic carbocycles. The smallest absolute Gasteiger partial charge is 0.244 e. The van der Waals surface area contributed by atoms with E-state index in [9.17, 15) is 12.8 Å². The first kappa shape index (κ1) is 17.6. The van der Waals surface area contributed by atoms with E-state index in [0.717, 1.165) is 5.56 Å². The summed E-state index contributed by atoms with van der Waals surface area (Å²) in [6.45, 7) is 0.358. The summed E-state index contributed by atoms with van der Waals surface area (Å²) in [6, 6.07) is 11.5. The molecule has 0 saturated carbocycles. The minimum atomic E-state index is -3.96. The van der Waals surface area contributed by atoms with Crippen LogP contribution < -0.4 is 5.73 Å². The second-order valence-electron chi connectivity index (χ2n) is 5.68. The number of halogens is 3. The first-order chi connectivity index (χ1) is 11.3. The highest BCUT2D eigenvalue weighted by Crippen LogP contribution is 2.35. The van der Waals surface area contributed by atoms with Gasteiger partial charge in [0.25, 0.3) is 0 Å². The van der Waals surface area contributed by atoms with Gasteiger partial charge in [-0.05, 0) is 17.7 Å². The second-order valence-corrected chi connectivity index (χ2v) is 8.37. The molecule has 0 bridgehead atoms. The summed E-state index contributed by atoms with van der Waals surface area (Å²) in [5.74, 6) is -1.07. The van der Waals surface area contributed by atoms with Gasteiger partial charge in [-0.25, -0.2) is 12.8 Å². The minimum absolute atomic E-state index is 0.128. The molecule has 2 N–H and O–H groups in total. The van der Waals surface area contributed by atoms with Crippen molar-refractivity contribution >= 4 is 33.2 Å². The Bertz CT molecular complexity index is 862. The second kappa shape index (κ2) is 6.61. The van der Waals surface area contributed by atoms with Gasteiger partial charge in [-0.3, -0.25) is 0 Å². The van der Waals surface area contributed by atoms with Crippen LogP contribution in [-0.2, 0) is 10.0 Å². The summed E-state index contributed by atoms with van der Waals surface area (Å²) in [7, 11) is -3.96. The van der Waals surface area contributed by atoms with Gasteiger partial charge in [0.1, 0.15) is 4.90 Å². The highest BCUT2D eigenvalue weighted by atomic mass is 35.5. The summed E-state index contributed by atoms with van der Waals surface area (Å²) in [5, 5.41) is -0.724. The Labute approximate surface area is 150 Å². The predicted octanol–water partition coefficient (Wildman–Crippen LogP) is 3.25. The van der Waals surface area contributed by atoms with E-state index in [1.165, 1.54) is 16.4 Å². The summed E-state index contributed by atoms with van der Waals surface area (Å²) in [5.41, 5.74) is 7.10. The number of benzene rings is 2. The Balaban J connectivity index is 1.94. The molecule has 2 atom stereocenters. The van der Waals surface area contributed by atoms with E-state index < -0.39 is 20.9 Å². The van der Waals surface area contributed by atoms with E-state index in [0.29, 0.717) is 0 Å². The first-order valence-corrected chi connectivity index (χ1v) is 9.46. The average Bonchev–Trinajstić information content (AvgIpc) is 2.96. The maximum atomic E-state index is 13.9. The number of sulfonamides is 1. The van der Waals surface area contributed by atoms with Crippen LogP contribution in [0.5, 0.6) is 0 Å². The van der Waals surface area contributed by atoms with Gasteiger partial charge in [0.2, 0.25) is 10.0 Å². The molecule has 1 aliphatic heterocycles. The molecule has 3 rings (SSSR count). The zero-order valence-electron chi connectivity index (χ0n) is 12.5. The first-order valence-electron chi connectivity index (χ1n) is 7.26. The van der Waals surface area contributed by atoms with Crippen LogP contribution in [0.25, 0.3) is 0 Å². The maximum absolute atomic E-state index is 13.9. The fraction of sp³-hybridized carbons (Fsp3) is 0.250. The molecule has 0 radical (unpaired) electrons. The van der Waals surface area contributed by atoms with E-state index in [4.69, 9.17) is 28.9 Å². The Hall–Kier alpha value is -1.18. The third-order valence-electron chi connectivity index (χ3n) is 4.18. The highest BCUT2D eigenvalue weighted by molar-refractivity contribution is 7.89. The van der Waals surface area contributed by atoms with Crippen molar-refractivity contribution in [2.24, 2.45) is 5.73 Å². The lowest BCUT2D eigenvalue weighted by Gasteiger charge is -2.18. The number of nitrogens with two attached hydrogens (primary N) is 1. The fourth-order valence-electron chi connectivity index (χ4n) is 2.89. The van der Waals surface area contributed by atoms with Gasteiger partial charge in [-0.1, -0.05) is 53.5 Å².